The highest BCUT2D eigenvalue weighted by atomic mass is 127. The van der Waals surface area contributed by atoms with Crippen LogP contribution < -0.4 is 16.0 Å². The summed E-state index contributed by atoms with van der Waals surface area (Å²) in [5.41, 5.74) is 1.02. The summed E-state index contributed by atoms with van der Waals surface area (Å²) in [6.45, 7) is 7.88. The Labute approximate surface area is 198 Å². The van der Waals surface area contributed by atoms with Crippen LogP contribution in [0, 0.1) is 0 Å². The van der Waals surface area contributed by atoms with Gasteiger partial charge in [0.25, 0.3) is 0 Å². The quantitative estimate of drug-likeness (QED) is 0.213. The van der Waals surface area contributed by atoms with Gasteiger partial charge in [0.15, 0.2) is 11.1 Å². The number of guanidine groups is 1. The van der Waals surface area contributed by atoms with Crippen LogP contribution in [0.2, 0.25) is 0 Å². The first kappa shape index (κ1) is 24.4. The molecule has 0 bridgehead atoms. The number of aromatic nitrogens is 1. The second kappa shape index (κ2) is 12.8. The molecule has 1 amide bonds. The number of carbonyl (C=O) groups is 1. The van der Waals surface area contributed by atoms with Crippen LogP contribution in [0.25, 0.3) is 10.2 Å². The molecule has 3 rings (SSSR count). The molecule has 1 aromatic carbocycles. The highest BCUT2D eigenvalue weighted by Gasteiger charge is 2.23. The van der Waals surface area contributed by atoms with Crippen molar-refractivity contribution in [2.75, 3.05) is 44.6 Å². The number of rotatable bonds is 7. The Morgan fingerprint density at radius 2 is 2.07 bits per heavy atom. The van der Waals surface area contributed by atoms with E-state index < -0.39 is 0 Å². The average Bonchev–Trinajstić information content (AvgIpc) is 3.15. The van der Waals surface area contributed by atoms with Crippen LogP contribution >= 0.6 is 35.3 Å². The van der Waals surface area contributed by atoms with Gasteiger partial charge in [-0.05, 0) is 38.8 Å². The maximum absolute atomic E-state index is 11.8. The number of benzene rings is 1. The van der Waals surface area contributed by atoms with Gasteiger partial charge in [-0.15, -0.1) is 24.0 Å². The average molecular weight is 546 g/mol. The summed E-state index contributed by atoms with van der Waals surface area (Å²) in [4.78, 5) is 22.8. The molecule has 0 saturated carbocycles. The van der Waals surface area contributed by atoms with Crippen molar-refractivity contribution < 1.29 is 9.53 Å². The Balaban J connectivity index is 0.00000320. The molecule has 8 nitrogen and oxygen atoms in total. The summed E-state index contributed by atoms with van der Waals surface area (Å²) < 4.78 is 6.26. The molecule has 0 radical (unpaired) electrons. The van der Waals surface area contributed by atoms with Gasteiger partial charge in [-0.3, -0.25) is 4.99 Å². The van der Waals surface area contributed by atoms with Crippen molar-refractivity contribution in [3.05, 3.63) is 24.3 Å². The Hall–Kier alpha value is -1.82. The van der Waals surface area contributed by atoms with Crippen molar-refractivity contribution in [3.63, 3.8) is 0 Å². The number of nitrogens with one attached hydrogen (secondary N) is 3. The molecule has 0 spiro atoms. The van der Waals surface area contributed by atoms with Crippen LogP contribution in [-0.4, -0.2) is 67.3 Å². The van der Waals surface area contributed by atoms with E-state index in [-0.39, 0.29) is 30.1 Å². The molecule has 166 valence electrons. The minimum Gasteiger partial charge on any atom is -0.450 e. The monoisotopic (exact) mass is 546 g/mol. The standard InChI is InChI=1S/C20H30N6O2S.HI/c1-3-21-18(24-15-9-13-26(14-10-15)20(27)28-4-2)22-11-12-23-19-25-16-7-5-6-8-17(16)29-19;/h5-8,15H,3-4,9-14H2,1-2H3,(H,23,25)(H2,21,22,24);1H. The van der Waals surface area contributed by atoms with E-state index in [4.69, 9.17) is 4.74 Å². The molecular formula is C20H31IN6O2S. The van der Waals surface area contributed by atoms with E-state index in [1.54, 1.807) is 16.2 Å². The van der Waals surface area contributed by atoms with Crippen molar-refractivity contribution in [1.29, 1.82) is 0 Å². The first-order chi connectivity index (χ1) is 14.2. The number of carbonyl (C=O) groups excluding carboxylic acids is 1. The molecule has 1 fully saturated rings. The van der Waals surface area contributed by atoms with Gasteiger partial charge >= 0.3 is 6.09 Å². The zero-order valence-corrected chi connectivity index (χ0v) is 20.7. The van der Waals surface area contributed by atoms with E-state index >= 15 is 0 Å². The van der Waals surface area contributed by atoms with Gasteiger partial charge in [0, 0.05) is 32.2 Å². The van der Waals surface area contributed by atoms with Crippen molar-refractivity contribution >= 4 is 62.7 Å². The predicted octanol–water partition coefficient (Wildman–Crippen LogP) is 3.50. The van der Waals surface area contributed by atoms with Crippen LogP contribution in [0.1, 0.15) is 26.7 Å². The fourth-order valence-electron chi connectivity index (χ4n) is 3.21. The van der Waals surface area contributed by atoms with Crippen LogP contribution in [0.3, 0.4) is 0 Å². The third kappa shape index (κ3) is 7.15. The van der Waals surface area contributed by atoms with Crippen molar-refractivity contribution in [3.8, 4) is 0 Å². The molecule has 1 aliphatic rings. The largest absolute Gasteiger partial charge is 0.450 e. The zero-order chi connectivity index (χ0) is 20.5. The first-order valence-corrected chi connectivity index (χ1v) is 11.1. The number of anilines is 1. The van der Waals surface area contributed by atoms with Crippen molar-refractivity contribution in [2.45, 2.75) is 32.7 Å². The number of nitrogens with zero attached hydrogens (tertiary/aromatic N) is 3. The molecule has 1 aromatic heterocycles. The SMILES string of the molecule is CCNC(=NCCNc1nc2ccccc2s1)NC1CCN(C(=O)OCC)CC1.I. The molecule has 0 atom stereocenters. The van der Waals surface area contributed by atoms with E-state index in [9.17, 15) is 4.79 Å². The first-order valence-electron chi connectivity index (χ1n) is 10.3. The minimum absolute atomic E-state index is 0. The summed E-state index contributed by atoms with van der Waals surface area (Å²) in [5, 5.41) is 11.1. The number of piperidine rings is 1. The Morgan fingerprint density at radius 1 is 1.30 bits per heavy atom. The lowest BCUT2D eigenvalue weighted by molar-refractivity contribution is 0.0963. The summed E-state index contributed by atoms with van der Waals surface area (Å²) >= 11 is 1.66. The van der Waals surface area contributed by atoms with E-state index in [1.807, 2.05) is 25.1 Å². The number of hydrogen-bond donors (Lipinski definition) is 3. The molecule has 1 saturated heterocycles. The summed E-state index contributed by atoms with van der Waals surface area (Å²) in [6.07, 6.45) is 1.55. The number of para-hydroxylation sites is 1. The van der Waals surface area contributed by atoms with Gasteiger partial charge in [-0.1, -0.05) is 23.5 Å². The van der Waals surface area contributed by atoms with Gasteiger partial charge in [-0.25, -0.2) is 9.78 Å². The smallest absolute Gasteiger partial charge is 0.409 e. The van der Waals surface area contributed by atoms with E-state index in [2.05, 4.69) is 38.9 Å². The van der Waals surface area contributed by atoms with Crippen LogP contribution in [0.15, 0.2) is 29.3 Å². The van der Waals surface area contributed by atoms with E-state index in [0.29, 0.717) is 32.3 Å². The third-order valence-corrected chi connectivity index (χ3v) is 5.65. The van der Waals surface area contributed by atoms with Gasteiger partial charge in [0.2, 0.25) is 0 Å². The molecule has 2 aromatic rings. The highest BCUT2D eigenvalue weighted by Crippen LogP contribution is 2.24. The molecule has 3 N–H and O–H groups in total. The lowest BCUT2D eigenvalue weighted by Crippen LogP contribution is -2.50. The van der Waals surface area contributed by atoms with Gasteiger partial charge in [0.05, 0.1) is 23.4 Å². The van der Waals surface area contributed by atoms with E-state index in [1.165, 1.54) is 4.70 Å². The number of thiazole rings is 1. The minimum atomic E-state index is -0.215. The van der Waals surface area contributed by atoms with Crippen LogP contribution in [0.4, 0.5) is 9.93 Å². The summed E-state index contributed by atoms with van der Waals surface area (Å²) in [5.74, 6) is 0.813. The van der Waals surface area contributed by atoms with Crippen LogP contribution in [0.5, 0.6) is 0 Å². The molecular weight excluding hydrogens is 515 g/mol. The molecule has 0 unspecified atom stereocenters. The fraction of sp³-hybridized carbons (Fsp3) is 0.550. The number of hydrogen-bond acceptors (Lipinski definition) is 6. The number of aliphatic imine (C=N–C) groups is 1. The van der Waals surface area contributed by atoms with E-state index in [0.717, 1.165) is 42.5 Å². The third-order valence-electron chi connectivity index (χ3n) is 4.66. The lowest BCUT2D eigenvalue weighted by Gasteiger charge is -2.32. The Morgan fingerprint density at radius 3 is 2.77 bits per heavy atom. The van der Waals surface area contributed by atoms with Gasteiger partial charge < -0.3 is 25.6 Å². The predicted molar refractivity (Wildman–Crippen MR) is 134 cm³/mol. The molecule has 30 heavy (non-hydrogen) atoms. The molecule has 1 aliphatic heterocycles. The number of ether oxygens (including phenoxy) is 1. The summed E-state index contributed by atoms with van der Waals surface area (Å²) in [7, 11) is 0. The fourth-order valence-corrected chi connectivity index (χ4v) is 4.10. The highest BCUT2D eigenvalue weighted by molar-refractivity contribution is 14.0. The number of amides is 1. The summed E-state index contributed by atoms with van der Waals surface area (Å²) in [6, 6.07) is 8.43. The maximum atomic E-state index is 11.8. The second-order valence-electron chi connectivity index (χ2n) is 6.78. The maximum Gasteiger partial charge on any atom is 0.409 e. The van der Waals surface area contributed by atoms with Gasteiger partial charge in [0.1, 0.15) is 0 Å². The Bertz CT molecular complexity index is 789. The number of halogens is 1. The molecule has 10 heteroatoms. The van der Waals surface area contributed by atoms with Crippen molar-refractivity contribution in [1.82, 2.24) is 20.5 Å². The molecule has 2 heterocycles. The Kier molecular flexibility index (Phi) is 10.4. The normalized spacial score (nSPS) is 14.9. The number of fused-ring (bicyclic) bond motifs is 1. The second-order valence-corrected chi connectivity index (χ2v) is 7.81. The zero-order valence-electron chi connectivity index (χ0n) is 17.5. The van der Waals surface area contributed by atoms with Gasteiger partial charge in [-0.2, -0.15) is 0 Å². The van der Waals surface area contributed by atoms with Crippen molar-refractivity contribution in [2.24, 2.45) is 4.99 Å². The van der Waals surface area contributed by atoms with Crippen LogP contribution in [-0.2, 0) is 4.74 Å². The number of likely N-dealkylation sites (tertiary alicyclic amines) is 1. The molecule has 0 aliphatic carbocycles. The lowest BCUT2D eigenvalue weighted by atomic mass is 10.1. The topological polar surface area (TPSA) is 90.9 Å².